The van der Waals surface area contributed by atoms with Crippen molar-refractivity contribution in [2.75, 3.05) is 31.6 Å². The minimum Gasteiger partial charge on any atom is -0.497 e. The molecule has 2 N–H and O–H groups in total. The van der Waals surface area contributed by atoms with Crippen LogP contribution >= 0.6 is 0 Å². The van der Waals surface area contributed by atoms with E-state index in [1.807, 2.05) is 18.2 Å². The van der Waals surface area contributed by atoms with Crippen molar-refractivity contribution in [2.45, 2.75) is 68.7 Å². The minimum absolute atomic E-state index is 0.0968. The van der Waals surface area contributed by atoms with Crippen LogP contribution in [0.2, 0.25) is 0 Å². The molecule has 0 bridgehead atoms. The van der Waals surface area contributed by atoms with E-state index in [9.17, 15) is 14.3 Å². The third-order valence-corrected chi connectivity index (χ3v) is 8.30. The number of benzene rings is 2. The summed E-state index contributed by atoms with van der Waals surface area (Å²) < 4.78 is 19.1. The second-order valence-electron chi connectivity index (χ2n) is 10.7. The molecular weight excluding hydrogens is 445 g/mol. The van der Waals surface area contributed by atoms with Crippen LogP contribution in [0.25, 0.3) is 0 Å². The Morgan fingerprint density at radius 2 is 1.91 bits per heavy atom. The van der Waals surface area contributed by atoms with Gasteiger partial charge in [-0.2, -0.15) is 0 Å². The second kappa shape index (κ2) is 9.43. The SMILES string of the molecule is COc1ccc([C@@H]2C[C@]3(C)NC(=O)CCC[C@@H]3N2CC2(O)CCN(c3cccc(F)c3)CC2)cc1. The van der Waals surface area contributed by atoms with Crippen molar-refractivity contribution >= 4 is 11.6 Å². The number of β-amino-alcohol motifs (C(OH)–C–C–N with tert-alkyl or cyclic N) is 1. The largest absolute Gasteiger partial charge is 0.497 e. The number of likely N-dealkylation sites (tertiary alicyclic amines) is 1. The Balaban J connectivity index is 1.38. The number of carbonyl (C=O) groups is 1. The van der Waals surface area contributed by atoms with Gasteiger partial charge in [-0.1, -0.05) is 18.2 Å². The van der Waals surface area contributed by atoms with Gasteiger partial charge < -0.3 is 20.1 Å². The third kappa shape index (κ3) is 4.89. The Labute approximate surface area is 207 Å². The van der Waals surface area contributed by atoms with Crippen molar-refractivity contribution < 1.29 is 19.0 Å². The van der Waals surface area contributed by atoms with Crippen molar-refractivity contribution in [3.8, 4) is 5.75 Å². The molecule has 0 radical (unpaired) electrons. The van der Waals surface area contributed by atoms with Crippen molar-refractivity contribution in [3.63, 3.8) is 0 Å². The van der Waals surface area contributed by atoms with E-state index in [0.717, 1.165) is 30.7 Å². The van der Waals surface area contributed by atoms with Gasteiger partial charge >= 0.3 is 0 Å². The predicted molar refractivity (Wildman–Crippen MR) is 134 cm³/mol. The lowest BCUT2D eigenvalue weighted by molar-refractivity contribution is -0.122. The van der Waals surface area contributed by atoms with Crippen LogP contribution in [-0.4, -0.2) is 59.8 Å². The summed E-state index contributed by atoms with van der Waals surface area (Å²) in [7, 11) is 1.66. The van der Waals surface area contributed by atoms with Gasteiger partial charge in [0, 0.05) is 43.8 Å². The highest BCUT2D eigenvalue weighted by molar-refractivity contribution is 5.77. The fourth-order valence-electron chi connectivity index (χ4n) is 6.40. The van der Waals surface area contributed by atoms with E-state index in [4.69, 9.17) is 4.74 Å². The molecule has 6 nitrogen and oxygen atoms in total. The van der Waals surface area contributed by atoms with E-state index >= 15 is 0 Å². The maximum Gasteiger partial charge on any atom is 0.220 e. The summed E-state index contributed by atoms with van der Waals surface area (Å²) in [4.78, 5) is 17.1. The minimum atomic E-state index is -0.837. The van der Waals surface area contributed by atoms with Crippen molar-refractivity contribution in [1.82, 2.24) is 10.2 Å². The van der Waals surface area contributed by atoms with Gasteiger partial charge in [0.1, 0.15) is 11.6 Å². The van der Waals surface area contributed by atoms with Gasteiger partial charge in [0.2, 0.25) is 5.91 Å². The summed E-state index contributed by atoms with van der Waals surface area (Å²) in [5.41, 5.74) is 0.867. The van der Waals surface area contributed by atoms with Crippen LogP contribution in [0.4, 0.5) is 10.1 Å². The molecule has 0 spiro atoms. The predicted octanol–water partition coefficient (Wildman–Crippen LogP) is 4.04. The van der Waals surface area contributed by atoms with Gasteiger partial charge in [-0.05, 0) is 74.9 Å². The Morgan fingerprint density at radius 3 is 2.60 bits per heavy atom. The lowest BCUT2D eigenvalue weighted by Crippen LogP contribution is -2.57. The van der Waals surface area contributed by atoms with Crippen LogP contribution in [0.5, 0.6) is 5.75 Å². The Hall–Kier alpha value is -2.64. The number of nitrogens with zero attached hydrogens (tertiary/aromatic N) is 2. The van der Waals surface area contributed by atoms with Crippen molar-refractivity contribution in [3.05, 3.63) is 59.9 Å². The van der Waals surface area contributed by atoms with Crippen LogP contribution in [0, 0.1) is 5.82 Å². The molecule has 188 valence electrons. The molecule has 0 aliphatic carbocycles. The second-order valence-corrected chi connectivity index (χ2v) is 10.7. The zero-order chi connectivity index (χ0) is 24.6. The van der Waals surface area contributed by atoms with E-state index < -0.39 is 5.60 Å². The maximum absolute atomic E-state index is 13.7. The van der Waals surface area contributed by atoms with Gasteiger partial charge in [0.05, 0.1) is 18.2 Å². The number of aliphatic hydroxyl groups is 1. The topological polar surface area (TPSA) is 65.0 Å². The average Bonchev–Trinajstić information content (AvgIpc) is 3.00. The molecule has 3 saturated heterocycles. The molecule has 3 aliphatic rings. The number of fused-ring (bicyclic) bond motifs is 1. The number of methoxy groups -OCH3 is 1. The Bertz CT molecular complexity index is 1050. The quantitative estimate of drug-likeness (QED) is 0.675. The molecule has 0 aromatic heterocycles. The van der Waals surface area contributed by atoms with Gasteiger partial charge in [0.15, 0.2) is 0 Å². The van der Waals surface area contributed by atoms with Crippen LogP contribution < -0.4 is 15.0 Å². The molecule has 2 aromatic rings. The number of piperidine rings is 1. The summed E-state index contributed by atoms with van der Waals surface area (Å²) in [5.74, 6) is 0.695. The van der Waals surface area contributed by atoms with Gasteiger partial charge in [0.25, 0.3) is 0 Å². The molecular formula is C28H36FN3O3. The first kappa shape index (κ1) is 24.1. The summed E-state index contributed by atoms with van der Waals surface area (Å²) in [6, 6.07) is 15.1. The first-order valence-corrected chi connectivity index (χ1v) is 12.7. The molecule has 3 atom stereocenters. The number of carbonyl (C=O) groups excluding carboxylic acids is 1. The van der Waals surface area contributed by atoms with E-state index in [2.05, 4.69) is 34.2 Å². The summed E-state index contributed by atoms with van der Waals surface area (Å²) in [6.07, 6.45) is 4.37. The van der Waals surface area contributed by atoms with Crippen LogP contribution in [0.15, 0.2) is 48.5 Å². The van der Waals surface area contributed by atoms with E-state index in [1.165, 1.54) is 11.6 Å². The molecule has 3 fully saturated rings. The molecule has 35 heavy (non-hydrogen) atoms. The number of ether oxygens (including phenoxy) is 1. The summed E-state index contributed by atoms with van der Waals surface area (Å²) in [6.45, 7) is 4.07. The fourth-order valence-corrected chi connectivity index (χ4v) is 6.40. The molecule has 0 saturated carbocycles. The van der Waals surface area contributed by atoms with E-state index in [1.54, 1.807) is 19.2 Å². The van der Waals surface area contributed by atoms with E-state index in [-0.39, 0.29) is 29.3 Å². The highest BCUT2D eigenvalue weighted by Gasteiger charge is 2.53. The molecule has 0 unspecified atom stereocenters. The number of amides is 1. The Morgan fingerprint density at radius 1 is 1.17 bits per heavy atom. The first-order chi connectivity index (χ1) is 16.8. The van der Waals surface area contributed by atoms with Crippen molar-refractivity contribution in [1.29, 1.82) is 0 Å². The number of hydrogen-bond acceptors (Lipinski definition) is 5. The smallest absolute Gasteiger partial charge is 0.220 e. The monoisotopic (exact) mass is 481 g/mol. The molecule has 5 rings (SSSR count). The fraction of sp³-hybridized carbons (Fsp3) is 0.536. The Kier molecular flexibility index (Phi) is 6.49. The normalized spacial score (nSPS) is 28.8. The summed E-state index contributed by atoms with van der Waals surface area (Å²) in [5, 5.41) is 15.1. The van der Waals surface area contributed by atoms with Crippen LogP contribution in [0.3, 0.4) is 0 Å². The maximum atomic E-state index is 13.7. The molecule has 2 aromatic carbocycles. The van der Waals surface area contributed by atoms with Crippen LogP contribution in [-0.2, 0) is 4.79 Å². The number of hydrogen-bond donors (Lipinski definition) is 2. The number of halogens is 1. The van der Waals surface area contributed by atoms with Crippen LogP contribution in [0.1, 0.15) is 57.1 Å². The van der Waals surface area contributed by atoms with Gasteiger partial charge in [-0.3, -0.25) is 9.69 Å². The molecule has 1 amide bonds. The standard InChI is InChI=1S/C28H36FN3O3/c1-27-18-24(20-9-11-23(35-2)12-10-20)32(25(27)7-4-8-26(33)30-27)19-28(34)13-15-31(16-14-28)22-6-3-5-21(29)17-22/h3,5-6,9-12,17,24-25,34H,4,7-8,13-16,18-19H2,1-2H3,(H,30,33)/t24-,25-,27-/m0/s1. The number of rotatable bonds is 5. The van der Waals surface area contributed by atoms with Crippen molar-refractivity contribution in [2.24, 2.45) is 0 Å². The summed E-state index contributed by atoms with van der Waals surface area (Å²) >= 11 is 0. The highest BCUT2D eigenvalue weighted by atomic mass is 19.1. The zero-order valence-electron chi connectivity index (χ0n) is 20.7. The highest BCUT2D eigenvalue weighted by Crippen LogP contribution is 2.47. The lowest BCUT2D eigenvalue weighted by atomic mass is 9.87. The molecule has 3 aliphatic heterocycles. The number of anilines is 1. The van der Waals surface area contributed by atoms with Gasteiger partial charge in [-0.25, -0.2) is 4.39 Å². The zero-order valence-corrected chi connectivity index (χ0v) is 20.7. The number of nitrogens with one attached hydrogen (secondary N) is 1. The lowest BCUT2D eigenvalue weighted by Gasteiger charge is -2.44. The first-order valence-electron chi connectivity index (χ1n) is 12.7. The molecule has 7 heteroatoms. The third-order valence-electron chi connectivity index (χ3n) is 8.30. The van der Waals surface area contributed by atoms with Gasteiger partial charge in [-0.15, -0.1) is 0 Å². The van der Waals surface area contributed by atoms with E-state index in [0.29, 0.717) is 38.9 Å². The molecule has 3 heterocycles. The average molecular weight is 482 g/mol.